The number of rotatable bonds is 1. The maximum atomic E-state index is 11.4. The van der Waals surface area contributed by atoms with Crippen LogP contribution in [0.5, 0.6) is 0 Å². The first-order chi connectivity index (χ1) is 8.16. The molecule has 0 aliphatic carbocycles. The van der Waals surface area contributed by atoms with E-state index in [-0.39, 0.29) is 6.04 Å². The van der Waals surface area contributed by atoms with Crippen LogP contribution in [0.1, 0.15) is 30.1 Å². The van der Waals surface area contributed by atoms with Crippen molar-refractivity contribution in [1.82, 2.24) is 15.1 Å². The molecule has 2 aliphatic rings. The quantitative estimate of drug-likeness (QED) is 0.783. The zero-order chi connectivity index (χ0) is 11.9. The second-order valence-electron chi connectivity index (χ2n) is 4.87. The van der Waals surface area contributed by atoms with E-state index >= 15 is 0 Å². The summed E-state index contributed by atoms with van der Waals surface area (Å²) in [6.07, 6.45) is 4.38. The lowest BCUT2D eigenvalue weighted by molar-refractivity contribution is 0.393. The van der Waals surface area contributed by atoms with E-state index in [0.29, 0.717) is 24.3 Å². The van der Waals surface area contributed by atoms with Gasteiger partial charge in [-0.2, -0.15) is 5.10 Å². The Morgan fingerprint density at radius 2 is 2.12 bits per heavy atom. The Bertz CT molecular complexity index is 507. The molecule has 0 atom stereocenters. The summed E-state index contributed by atoms with van der Waals surface area (Å²) in [6.45, 7) is 1.87. The van der Waals surface area contributed by atoms with Gasteiger partial charge in [0.05, 0.1) is 29.4 Å². The largest absolute Gasteiger partial charge is 0.311 e. The number of fused-ring (bicyclic) bond motifs is 1. The Morgan fingerprint density at radius 1 is 1.35 bits per heavy atom. The minimum Gasteiger partial charge on any atom is -0.311 e. The van der Waals surface area contributed by atoms with Gasteiger partial charge in [0.25, 0.3) is 0 Å². The molecule has 0 radical (unpaired) electrons. The van der Waals surface area contributed by atoms with Crippen molar-refractivity contribution in [2.24, 2.45) is 0 Å². The average molecular weight is 255 g/mol. The molecule has 1 saturated heterocycles. The van der Waals surface area contributed by atoms with E-state index in [4.69, 9.17) is 0 Å². The van der Waals surface area contributed by atoms with Gasteiger partial charge in [0.1, 0.15) is 9.84 Å². The maximum absolute atomic E-state index is 11.4. The second kappa shape index (κ2) is 4.10. The molecule has 0 spiro atoms. The van der Waals surface area contributed by atoms with Crippen LogP contribution in [0.2, 0.25) is 0 Å². The first-order valence-electron chi connectivity index (χ1n) is 6.12. The summed E-state index contributed by atoms with van der Waals surface area (Å²) in [5.41, 5.74) is 2.57. The van der Waals surface area contributed by atoms with Crippen LogP contribution in [-0.2, 0) is 22.8 Å². The van der Waals surface area contributed by atoms with Gasteiger partial charge in [-0.1, -0.05) is 0 Å². The number of hydrogen-bond acceptors (Lipinski definition) is 4. The van der Waals surface area contributed by atoms with Crippen molar-refractivity contribution in [2.45, 2.75) is 31.8 Å². The molecule has 1 aromatic heterocycles. The molecule has 3 heterocycles. The summed E-state index contributed by atoms with van der Waals surface area (Å²) in [6, 6.07) is 0.266. The summed E-state index contributed by atoms with van der Waals surface area (Å²) >= 11 is 0. The minimum atomic E-state index is -2.78. The van der Waals surface area contributed by atoms with Crippen LogP contribution in [0.4, 0.5) is 0 Å². The molecule has 0 bridgehead atoms. The normalized spacial score (nSPS) is 24.5. The lowest BCUT2D eigenvalue weighted by atomic mass is 10.1. The van der Waals surface area contributed by atoms with Gasteiger partial charge in [-0.05, 0) is 31.4 Å². The number of nitrogens with zero attached hydrogens (tertiary/aromatic N) is 2. The Hall–Kier alpha value is -0.880. The average Bonchev–Trinajstić information content (AvgIpc) is 2.73. The molecule has 0 saturated carbocycles. The van der Waals surface area contributed by atoms with Crippen molar-refractivity contribution in [3.63, 3.8) is 0 Å². The van der Waals surface area contributed by atoms with Gasteiger partial charge in [0.2, 0.25) is 0 Å². The van der Waals surface area contributed by atoms with E-state index in [1.165, 1.54) is 11.3 Å². The molecule has 2 aliphatic heterocycles. The van der Waals surface area contributed by atoms with E-state index in [2.05, 4.69) is 15.1 Å². The monoisotopic (exact) mass is 255 g/mol. The standard InChI is InChI=1S/C11H17N3O2S/c15-17(16)5-2-10(3-6-17)14-11-8-12-4-1-9(11)7-13-14/h7,10,12H,1-6,8H2. The molecule has 5 nitrogen and oxygen atoms in total. The van der Waals surface area contributed by atoms with Crippen LogP contribution in [-0.4, -0.2) is 36.2 Å². The first kappa shape index (κ1) is 11.2. The van der Waals surface area contributed by atoms with Gasteiger partial charge in [-0.25, -0.2) is 8.42 Å². The summed E-state index contributed by atoms with van der Waals surface area (Å²) in [5.74, 6) is 0.611. The molecule has 94 valence electrons. The van der Waals surface area contributed by atoms with E-state index in [1.807, 2.05) is 6.20 Å². The molecule has 1 N–H and O–H groups in total. The predicted molar refractivity (Wildman–Crippen MR) is 64.6 cm³/mol. The highest BCUT2D eigenvalue weighted by molar-refractivity contribution is 7.91. The lowest BCUT2D eigenvalue weighted by Gasteiger charge is -2.25. The van der Waals surface area contributed by atoms with Crippen LogP contribution in [0.3, 0.4) is 0 Å². The van der Waals surface area contributed by atoms with E-state index < -0.39 is 9.84 Å². The topological polar surface area (TPSA) is 64.0 Å². The molecule has 0 aromatic carbocycles. The van der Waals surface area contributed by atoms with E-state index in [0.717, 1.165) is 19.5 Å². The molecular formula is C11H17N3O2S. The van der Waals surface area contributed by atoms with Gasteiger partial charge in [-0.3, -0.25) is 4.68 Å². The van der Waals surface area contributed by atoms with Crippen LogP contribution in [0.25, 0.3) is 0 Å². The Labute approximate surface area is 101 Å². The van der Waals surface area contributed by atoms with Crippen LogP contribution >= 0.6 is 0 Å². The fourth-order valence-electron chi connectivity index (χ4n) is 2.69. The van der Waals surface area contributed by atoms with E-state index in [1.54, 1.807) is 0 Å². The van der Waals surface area contributed by atoms with Gasteiger partial charge in [0.15, 0.2) is 0 Å². The predicted octanol–water partition coefficient (Wildman–Crippen LogP) is 0.278. The van der Waals surface area contributed by atoms with Crippen LogP contribution in [0, 0.1) is 0 Å². The summed E-state index contributed by atoms with van der Waals surface area (Å²) in [4.78, 5) is 0. The fraction of sp³-hybridized carbons (Fsp3) is 0.727. The third kappa shape index (κ3) is 2.11. The molecule has 6 heteroatoms. The van der Waals surface area contributed by atoms with Crippen LogP contribution < -0.4 is 5.32 Å². The smallest absolute Gasteiger partial charge is 0.150 e. The Balaban J connectivity index is 1.83. The molecule has 1 aromatic rings. The highest BCUT2D eigenvalue weighted by atomic mass is 32.2. The molecular weight excluding hydrogens is 238 g/mol. The van der Waals surface area contributed by atoms with Gasteiger partial charge in [-0.15, -0.1) is 0 Å². The van der Waals surface area contributed by atoms with Crippen molar-refractivity contribution < 1.29 is 8.42 Å². The van der Waals surface area contributed by atoms with Crippen molar-refractivity contribution >= 4 is 9.84 Å². The van der Waals surface area contributed by atoms with Crippen molar-refractivity contribution in [3.8, 4) is 0 Å². The third-order valence-corrected chi connectivity index (χ3v) is 5.43. The lowest BCUT2D eigenvalue weighted by Crippen LogP contribution is -2.30. The first-order valence-corrected chi connectivity index (χ1v) is 7.94. The number of hydrogen-bond donors (Lipinski definition) is 1. The fourth-order valence-corrected chi connectivity index (χ4v) is 4.16. The highest BCUT2D eigenvalue weighted by Gasteiger charge is 2.27. The van der Waals surface area contributed by atoms with Crippen LogP contribution in [0.15, 0.2) is 6.20 Å². The number of nitrogens with one attached hydrogen (secondary N) is 1. The van der Waals surface area contributed by atoms with Crippen molar-refractivity contribution in [2.75, 3.05) is 18.1 Å². The highest BCUT2D eigenvalue weighted by Crippen LogP contribution is 2.26. The van der Waals surface area contributed by atoms with Gasteiger partial charge >= 0.3 is 0 Å². The SMILES string of the molecule is O=S1(=O)CCC(n2ncc3c2CNCC3)CC1. The van der Waals surface area contributed by atoms with E-state index in [9.17, 15) is 8.42 Å². The summed E-state index contributed by atoms with van der Waals surface area (Å²) in [5, 5.41) is 7.79. The molecule has 17 heavy (non-hydrogen) atoms. The summed E-state index contributed by atoms with van der Waals surface area (Å²) in [7, 11) is -2.78. The molecule has 0 unspecified atom stereocenters. The minimum absolute atomic E-state index is 0.266. The zero-order valence-corrected chi connectivity index (χ0v) is 10.5. The summed E-state index contributed by atoms with van der Waals surface area (Å²) < 4.78 is 24.9. The molecule has 3 rings (SSSR count). The Morgan fingerprint density at radius 3 is 2.88 bits per heavy atom. The molecule has 1 fully saturated rings. The molecule has 0 amide bonds. The number of aromatic nitrogens is 2. The Kier molecular flexibility index (Phi) is 2.71. The maximum Gasteiger partial charge on any atom is 0.150 e. The van der Waals surface area contributed by atoms with Crippen molar-refractivity contribution in [3.05, 3.63) is 17.5 Å². The number of sulfone groups is 1. The van der Waals surface area contributed by atoms with Gasteiger partial charge < -0.3 is 5.32 Å². The van der Waals surface area contributed by atoms with Crippen molar-refractivity contribution in [1.29, 1.82) is 0 Å². The zero-order valence-electron chi connectivity index (χ0n) is 9.72. The second-order valence-corrected chi connectivity index (χ2v) is 7.17. The van der Waals surface area contributed by atoms with Gasteiger partial charge in [0, 0.05) is 6.54 Å². The third-order valence-electron chi connectivity index (χ3n) is 3.72.